The molecule has 4 heterocycles. The number of benzene rings is 1. The van der Waals surface area contributed by atoms with Gasteiger partial charge in [0, 0.05) is 36.0 Å². The van der Waals surface area contributed by atoms with E-state index >= 15 is 0 Å². The molecule has 5 rings (SSSR count). The maximum atomic E-state index is 12.5. The molecule has 9 nitrogen and oxygen atoms in total. The Morgan fingerprint density at radius 1 is 1.23 bits per heavy atom. The van der Waals surface area contributed by atoms with Gasteiger partial charge in [-0.3, -0.25) is 9.48 Å². The van der Waals surface area contributed by atoms with Crippen LogP contribution in [0.3, 0.4) is 0 Å². The van der Waals surface area contributed by atoms with E-state index in [0.717, 1.165) is 29.3 Å². The van der Waals surface area contributed by atoms with Crippen molar-refractivity contribution in [3.63, 3.8) is 0 Å². The second-order valence-electron chi connectivity index (χ2n) is 7.95. The Labute approximate surface area is 183 Å². The number of amides is 1. The monoisotopic (exact) mass is 440 g/mol. The molecule has 1 aliphatic rings. The molecule has 0 aliphatic carbocycles. The van der Waals surface area contributed by atoms with E-state index in [1.54, 1.807) is 4.90 Å². The van der Waals surface area contributed by atoms with Crippen LogP contribution in [0.4, 0.5) is 0 Å². The number of carbonyl (C=O) groups is 1. The molecule has 0 N–H and O–H groups in total. The van der Waals surface area contributed by atoms with Crippen molar-refractivity contribution in [2.75, 3.05) is 13.1 Å². The predicted molar refractivity (Wildman–Crippen MR) is 113 cm³/mol. The van der Waals surface area contributed by atoms with Crippen LogP contribution in [-0.4, -0.2) is 48.8 Å². The molecule has 31 heavy (non-hydrogen) atoms. The SMILES string of the molecule is CC(C)n1ncc2ccc(-c3noc(C4CCN(C(=O)c5ncc(Cl)o5)CC4)n3)cc21. The number of fused-ring (bicyclic) bond motifs is 1. The van der Waals surface area contributed by atoms with Gasteiger partial charge >= 0.3 is 5.91 Å². The van der Waals surface area contributed by atoms with Crippen LogP contribution in [0.2, 0.25) is 5.22 Å². The zero-order valence-corrected chi connectivity index (χ0v) is 17.9. The molecule has 4 aromatic rings. The fourth-order valence-electron chi connectivity index (χ4n) is 3.92. The first-order valence-electron chi connectivity index (χ1n) is 10.2. The second-order valence-corrected chi connectivity index (χ2v) is 8.32. The summed E-state index contributed by atoms with van der Waals surface area (Å²) in [5.74, 6) is 1.01. The lowest BCUT2D eigenvalue weighted by molar-refractivity contribution is 0.0664. The number of hydrogen-bond donors (Lipinski definition) is 0. The maximum Gasteiger partial charge on any atom is 0.309 e. The summed E-state index contributed by atoms with van der Waals surface area (Å²) in [4.78, 5) is 22.7. The average Bonchev–Trinajstić information content (AvgIpc) is 3.52. The van der Waals surface area contributed by atoms with Crippen LogP contribution in [0.5, 0.6) is 0 Å². The van der Waals surface area contributed by atoms with E-state index in [9.17, 15) is 4.79 Å². The Morgan fingerprint density at radius 2 is 2.03 bits per heavy atom. The average molecular weight is 441 g/mol. The molecule has 1 saturated heterocycles. The van der Waals surface area contributed by atoms with E-state index in [-0.39, 0.29) is 29.0 Å². The molecule has 1 aromatic carbocycles. The summed E-state index contributed by atoms with van der Waals surface area (Å²) >= 11 is 5.72. The number of carbonyl (C=O) groups excluding carboxylic acids is 1. The molecule has 0 radical (unpaired) electrons. The largest absolute Gasteiger partial charge is 0.420 e. The Morgan fingerprint density at radius 3 is 2.74 bits per heavy atom. The van der Waals surface area contributed by atoms with Crippen molar-refractivity contribution < 1.29 is 13.7 Å². The minimum Gasteiger partial charge on any atom is -0.420 e. The molecule has 3 aromatic heterocycles. The minimum absolute atomic E-state index is 0.0135. The van der Waals surface area contributed by atoms with Crippen molar-refractivity contribution >= 4 is 28.4 Å². The fourth-order valence-corrected chi connectivity index (χ4v) is 4.05. The van der Waals surface area contributed by atoms with Gasteiger partial charge in [0.15, 0.2) is 0 Å². The normalized spacial score (nSPS) is 15.3. The second kappa shape index (κ2) is 7.81. The molecule has 1 aliphatic heterocycles. The lowest BCUT2D eigenvalue weighted by Crippen LogP contribution is -2.38. The van der Waals surface area contributed by atoms with Gasteiger partial charge in [0.05, 0.1) is 17.9 Å². The highest BCUT2D eigenvalue weighted by molar-refractivity contribution is 6.28. The van der Waals surface area contributed by atoms with Gasteiger partial charge in [-0.15, -0.1) is 0 Å². The summed E-state index contributed by atoms with van der Waals surface area (Å²) in [7, 11) is 0. The van der Waals surface area contributed by atoms with E-state index in [1.807, 2.05) is 29.1 Å². The van der Waals surface area contributed by atoms with E-state index in [0.29, 0.717) is 24.8 Å². The molecule has 0 spiro atoms. The molecule has 0 atom stereocenters. The van der Waals surface area contributed by atoms with Gasteiger partial charge in [-0.05, 0) is 44.4 Å². The molecule has 0 bridgehead atoms. The first-order valence-corrected chi connectivity index (χ1v) is 10.6. The van der Waals surface area contributed by atoms with Crippen molar-refractivity contribution in [3.8, 4) is 11.4 Å². The van der Waals surface area contributed by atoms with E-state index in [2.05, 4.69) is 34.1 Å². The van der Waals surface area contributed by atoms with Gasteiger partial charge in [-0.25, -0.2) is 4.98 Å². The third-order valence-electron chi connectivity index (χ3n) is 5.58. The van der Waals surface area contributed by atoms with Gasteiger partial charge in [-0.2, -0.15) is 10.1 Å². The highest BCUT2D eigenvalue weighted by atomic mass is 35.5. The minimum atomic E-state index is -0.258. The molecule has 0 unspecified atom stereocenters. The maximum absolute atomic E-state index is 12.5. The van der Waals surface area contributed by atoms with Crippen molar-refractivity contribution in [3.05, 3.63) is 47.6 Å². The van der Waals surface area contributed by atoms with E-state index in [1.165, 1.54) is 6.20 Å². The Kier molecular flexibility index (Phi) is 4.97. The first-order chi connectivity index (χ1) is 15.0. The van der Waals surface area contributed by atoms with Crippen molar-refractivity contribution in [2.45, 2.75) is 38.6 Å². The zero-order valence-electron chi connectivity index (χ0n) is 17.2. The van der Waals surface area contributed by atoms with Crippen LogP contribution in [0.15, 0.2) is 39.5 Å². The number of rotatable bonds is 4. The molecular formula is C21H21ClN6O3. The van der Waals surface area contributed by atoms with Crippen LogP contribution < -0.4 is 0 Å². The Hall–Kier alpha value is -3.20. The zero-order chi connectivity index (χ0) is 21.5. The summed E-state index contributed by atoms with van der Waals surface area (Å²) in [6.45, 7) is 5.31. The lowest BCUT2D eigenvalue weighted by Gasteiger charge is -2.29. The van der Waals surface area contributed by atoms with Crippen molar-refractivity contribution in [2.24, 2.45) is 0 Å². The van der Waals surface area contributed by atoms with E-state index < -0.39 is 0 Å². The third-order valence-corrected chi connectivity index (χ3v) is 5.75. The fraction of sp³-hybridized carbons (Fsp3) is 0.381. The number of nitrogens with zero attached hydrogens (tertiary/aromatic N) is 6. The highest BCUT2D eigenvalue weighted by Crippen LogP contribution is 2.30. The molecular weight excluding hydrogens is 420 g/mol. The number of hydrogen-bond acceptors (Lipinski definition) is 7. The topological polar surface area (TPSA) is 103 Å². The highest BCUT2D eigenvalue weighted by Gasteiger charge is 2.30. The number of halogens is 1. The number of piperidine rings is 1. The van der Waals surface area contributed by atoms with Gasteiger partial charge < -0.3 is 13.8 Å². The molecule has 160 valence electrons. The quantitative estimate of drug-likeness (QED) is 0.465. The summed E-state index contributed by atoms with van der Waals surface area (Å²) < 4.78 is 12.7. The summed E-state index contributed by atoms with van der Waals surface area (Å²) in [6.07, 6.45) is 4.64. The molecule has 0 saturated carbocycles. The van der Waals surface area contributed by atoms with Crippen molar-refractivity contribution in [1.82, 2.24) is 29.8 Å². The number of aromatic nitrogens is 5. The van der Waals surface area contributed by atoms with Gasteiger partial charge in [-0.1, -0.05) is 17.3 Å². The van der Waals surface area contributed by atoms with Gasteiger partial charge in [0.1, 0.15) is 0 Å². The molecule has 1 fully saturated rings. The first kappa shape index (κ1) is 19.7. The molecule has 1 amide bonds. The Balaban J connectivity index is 1.30. The van der Waals surface area contributed by atoms with Crippen LogP contribution in [0, 0.1) is 0 Å². The van der Waals surface area contributed by atoms with Gasteiger partial charge in [0.25, 0.3) is 5.89 Å². The Bertz CT molecular complexity index is 1230. The smallest absolute Gasteiger partial charge is 0.309 e. The summed E-state index contributed by atoms with van der Waals surface area (Å²) in [5, 5.41) is 9.83. The predicted octanol–water partition coefficient (Wildman–Crippen LogP) is 4.33. The summed E-state index contributed by atoms with van der Waals surface area (Å²) in [6, 6.07) is 6.30. The van der Waals surface area contributed by atoms with Crippen molar-refractivity contribution in [1.29, 1.82) is 0 Å². The van der Waals surface area contributed by atoms with Crippen LogP contribution in [0.1, 0.15) is 55.2 Å². The third kappa shape index (κ3) is 3.69. The summed E-state index contributed by atoms with van der Waals surface area (Å²) in [5.41, 5.74) is 1.93. The van der Waals surface area contributed by atoms with E-state index in [4.69, 9.17) is 20.5 Å². The lowest BCUT2D eigenvalue weighted by atomic mass is 9.96. The van der Waals surface area contributed by atoms with Crippen LogP contribution in [0.25, 0.3) is 22.3 Å². The number of oxazole rings is 1. The van der Waals surface area contributed by atoms with Crippen LogP contribution in [-0.2, 0) is 0 Å². The molecule has 10 heteroatoms. The van der Waals surface area contributed by atoms with Crippen LogP contribution >= 0.6 is 11.6 Å². The standard InChI is InChI=1S/C21H21ClN6O3/c1-12(2)28-16-9-14(3-4-15(16)10-24-28)18-25-19(31-26-18)13-5-7-27(8-6-13)21(29)20-23-11-17(22)30-20/h3-4,9-13H,5-8H2,1-2H3. The van der Waals surface area contributed by atoms with Gasteiger partial charge in [0.2, 0.25) is 16.9 Å². The number of likely N-dealkylation sites (tertiary alicyclic amines) is 1.